The Hall–Kier alpha value is -2.01. The number of carbonyl (C=O) groups excluding carboxylic acids is 1. The van der Waals surface area contributed by atoms with Gasteiger partial charge in [-0.3, -0.25) is 9.59 Å². The van der Waals surface area contributed by atoms with Gasteiger partial charge in [-0.15, -0.1) is 11.8 Å². The van der Waals surface area contributed by atoms with Gasteiger partial charge in [0.25, 0.3) is 0 Å². The molecule has 0 aliphatic rings. The minimum Gasteiger partial charge on any atom is -0.480 e. The summed E-state index contributed by atoms with van der Waals surface area (Å²) in [6, 6.07) is 13.1. The maximum absolute atomic E-state index is 11.6. The average molecular weight is 289 g/mol. The lowest BCUT2D eigenvalue weighted by Gasteiger charge is -2.09. The molecule has 1 unspecified atom stereocenters. The van der Waals surface area contributed by atoms with Crippen molar-refractivity contribution in [3.63, 3.8) is 0 Å². The zero-order valence-corrected chi connectivity index (χ0v) is 11.8. The molecule has 1 atom stereocenters. The Labute approximate surface area is 121 Å². The van der Waals surface area contributed by atoms with Crippen molar-refractivity contribution in [1.29, 1.82) is 0 Å². The highest BCUT2D eigenvalue weighted by Gasteiger charge is 2.13. The van der Waals surface area contributed by atoms with Gasteiger partial charge in [0, 0.05) is 4.90 Å². The molecule has 5 heteroatoms. The first-order valence-corrected chi connectivity index (χ1v) is 7.18. The summed E-state index contributed by atoms with van der Waals surface area (Å²) in [4.78, 5) is 23.2. The fourth-order valence-electron chi connectivity index (χ4n) is 1.75. The summed E-state index contributed by atoms with van der Waals surface area (Å²) in [5.74, 6) is -1.11. The minimum atomic E-state index is -1.03. The van der Waals surface area contributed by atoms with Crippen LogP contribution in [0.2, 0.25) is 0 Å². The molecule has 2 N–H and O–H groups in total. The van der Waals surface area contributed by atoms with Gasteiger partial charge in [-0.2, -0.15) is 0 Å². The first-order chi connectivity index (χ1) is 9.56. The number of fused-ring (bicyclic) bond motifs is 1. The summed E-state index contributed by atoms with van der Waals surface area (Å²) < 4.78 is 0. The first kappa shape index (κ1) is 14.4. The fourth-order valence-corrected chi connectivity index (χ4v) is 2.51. The van der Waals surface area contributed by atoms with Gasteiger partial charge in [-0.05, 0) is 29.8 Å². The van der Waals surface area contributed by atoms with E-state index in [1.54, 1.807) is 0 Å². The normalized spacial score (nSPS) is 12.1. The topological polar surface area (TPSA) is 66.4 Å². The predicted molar refractivity (Wildman–Crippen MR) is 79.9 cm³/mol. The highest BCUT2D eigenvalue weighted by molar-refractivity contribution is 8.00. The van der Waals surface area contributed by atoms with Crippen LogP contribution in [0.4, 0.5) is 0 Å². The Balaban J connectivity index is 1.95. The number of nitrogens with one attached hydrogen (secondary N) is 1. The van der Waals surface area contributed by atoms with Crippen molar-refractivity contribution in [2.75, 3.05) is 5.75 Å². The van der Waals surface area contributed by atoms with E-state index >= 15 is 0 Å². The van der Waals surface area contributed by atoms with Gasteiger partial charge in [0.15, 0.2) is 0 Å². The van der Waals surface area contributed by atoms with E-state index in [9.17, 15) is 9.59 Å². The molecular weight excluding hydrogens is 274 g/mol. The number of carboxylic acid groups (broad SMARTS) is 1. The summed E-state index contributed by atoms with van der Waals surface area (Å²) in [5, 5.41) is 13.4. The van der Waals surface area contributed by atoms with Crippen molar-refractivity contribution in [2.24, 2.45) is 0 Å². The van der Waals surface area contributed by atoms with Gasteiger partial charge < -0.3 is 10.4 Å². The van der Waals surface area contributed by atoms with E-state index in [0.29, 0.717) is 0 Å². The number of hydrogen-bond donors (Lipinski definition) is 2. The number of thioether (sulfide) groups is 1. The van der Waals surface area contributed by atoms with Crippen LogP contribution < -0.4 is 5.32 Å². The molecule has 0 saturated carbocycles. The van der Waals surface area contributed by atoms with Crippen molar-refractivity contribution in [3.05, 3.63) is 42.5 Å². The van der Waals surface area contributed by atoms with Crippen molar-refractivity contribution >= 4 is 34.4 Å². The molecule has 0 saturated heterocycles. The lowest BCUT2D eigenvalue weighted by atomic mass is 10.1. The lowest BCUT2D eigenvalue weighted by Crippen LogP contribution is -2.39. The van der Waals surface area contributed by atoms with Crippen LogP contribution in [0.1, 0.15) is 6.92 Å². The Morgan fingerprint density at radius 2 is 1.90 bits per heavy atom. The van der Waals surface area contributed by atoms with E-state index in [-0.39, 0.29) is 11.7 Å². The van der Waals surface area contributed by atoms with Crippen LogP contribution in [0.3, 0.4) is 0 Å². The van der Waals surface area contributed by atoms with Crippen LogP contribution >= 0.6 is 11.8 Å². The second-order valence-electron chi connectivity index (χ2n) is 4.43. The molecule has 0 aliphatic carbocycles. The molecule has 20 heavy (non-hydrogen) atoms. The maximum atomic E-state index is 11.6. The van der Waals surface area contributed by atoms with Crippen molar-refractivity contribution in [1.82, 2.24) is 5.32 Å². The van der Waals surface area contributed by atoms with E-state index in [1.165, 1.54) is 18.7 Å². The minimum absolute atomic E-state index is 0.204. The molecule has 1 amide bonds. The summed E-state index contributed by atoms with van der Waals surface area (Å²) in [6.07, 6.45) is 0. The number of hydrogen-bond acceptors (Lipinski definition) is 3. The Kier molecular flexibility index (Phi) is 4.63. The molecule has 104 valence electrons. The largest absolute Gasteiger partial charge is 0.480 e. The second kappa shape index (κ2) is 6.43. The summed E-state index contributed by atoms with van der Waals surface area (Å²) in [7, 11) is 0. The van der Waals surface area contributed by atoms with Crippen LogP contribution in [0.15, 0.2) is 47.4 Å². The highest BCUT2D eigenvalue weighted by atomic mass is 32.2. The quantitative estimate of drug-likeness (QED) is 0.830. The number of carboxylic acids is 1. The molecule has 2 rings (SSSR count). The van der Waals surface area contributed by atoms with Gasteiger partial charge in [-0.1, -0.05) is 30.3 Å². The summed E-state index contributed by atoms with van der Waals surface area (Å²) in [6.45, 7) is 1.45. The molecule has 0 aromatic heterocycles. The monoisotopic (exact) mass is 289 g/mol. The SMILES string of the molecule is CC(NC(=O)CSc1ccc2ccccc2c1)C(=O)O. The Morgan fingerprint density at radius 3 is 2.60 bits per heavy atom. The van der Waals surface area contributed by atoms with E-state index in [0.717, 1.165) is 15.7 Å². The number of carbonyl (C=O) groups is 2. The van der Waals surface area contributed by atoms with Crippen molar-refractivity contribution < 1.29 is 14.7 Å². The molecular formula is C15H15NO3S. The molecule has 0 heterocycles. The molecule has 2 aromatic carbocycles. The third-order valence-electron chi connectivity index (χ3n) is 2.84. The van der Waals surface area contributed by atoms with E-state index in [4.69, 9.17) is 5.11 Å². The standard InChI is InChI=1S/C15H15NO3S/c1-10(15(18)19)16-14(17)9-20-13-7-6-11-4-2-3-5-12(11)8-13/h2-8,10H,9H2,1H3,(H,16,17)(H,18,19). The highest BCUT2D eigenvalue weighted by Crippen LogP contribution is 2.23. The third kappa shape index (κ3) is 3.74. The number of rotatable bonds is 5. The molecule has 2 aromatic rings. The van der Waals surface area contributed by atoms with Crippen LogP contribution in [0, 0.1) is 0 Å². The molecule has 0 spiro atoms. The second-order valence-corrected chi connectivity index (χ2v) is 5.47. The molecule has 0 fully saturated rings. The smallest absolute Gasteiger partial charge is 0.325 e. The van der Waals surface area contributed by atoms with Crippen LogP contribution in [0.25, 0.3) is 10.8 Å². The van der Waals surface area contributed by atoms with E-state index in [1.807, 2.05) is 42.5 Å². The number of aliphatic carboxylic acids is 1. The van der Waals surface area contributed by atoms with Gasteiger partial charge >= 0.3 is 5.97 Å². The van der Waals surface area contributed by atoms with E-state index < -0.39 is 12.0 Å². The molecule has 4 nitrogen and oxygen atoms in total. The Bertz CT molecular complexity index is 642. The van der Waals surface area contributed by atoms with Gasteiger partial charge in [0.05, 0.1) is 5.75 Å². The molecule has 0 aliphatic heterocycles. The van der Waals surface area contributed by atoms with Crippen LogP contribution in [-0.4, -0.2) is 28.8 Å². The summed E-state index contributed by atoms with van der Waals surface area (Å²) in [5.41, 5.74) is 0. The summed E-state index contributed by atoms with van der Waals surface area (Å²) >= 11 is 1.39. The van der Waals surface area contributed by atoms with Crippen LogP contribution in [-0.2, 0) is 9.59 Å². The average Bonchev–Trinajstić information content (AvgIpc) is 2.44. The fraction of sp³-hybridized carbons (Fsp3) is 0.200. The zero-order chi connectivity index (χ0) is 14.5. The van der Waals surface area contributed by atoms with E-state index in [2.05, 4.69) is 5.32 Å². The zero-order valence-electron chi connectivity index (χ0n) is 11.0. The maximum Gasteiger partial charge on any atom is 0.325 e. The van der Waals surface area contributed by atoms with Gasteiger partial charge in [0.2, 0.25) is 5.91 Å². The third-order valence-corrected chi connectivity index (χ3v) is 3.83. The van der Waals surface area contributed by atoms with Crippen molar-refractivity contribution in [2.45, 2.75) is 17.9 Å². The molecule has 0 bridgehead atoms. The Morgan fingerprint density at radius 1 is 1.20 bits per heavy atom. The van der Waals surface area contributed by atoms with Gasteiger partial charge in [-0.25, -0.2) is 0 Å². The van der Waals surface area contributed by atoms with Gasteiger partial charge in [0.1, 0.15) is 6.04 Å². The first-order valence-electron chi connectivity index (χ1n) is 6.20. The molecule has 0 radical (unpaired) electrons. The van der Waals surface area contributed by atoms with Crippen LogP contribution in [0.5, 0.6) is 0 Å². The van der Waals surface area contributed by atoms with Crippen molar-refractivity contribution in [3.8, 4) is 0 Å². The predicted octanol–water partition coefficient (Wildman–Crippen LogP) is 2.52. The lowest BCUT2D eigenvalue weighted by molar-refractivity contribution is -0.140. The number of benzene rings is 2. The number of amides is 1.